The van der Waals surface area contributed by atoms with Gasteiger partial charge in [0.2, 0.25) is 0 Å². The second-order valence-electron chi connectivity index (χ2n) is 4.24. The molecule has 0 saturated heterocycles. The molecule has 0 N–H and O–H groups in total. The smallest absolute Gasteiger partial charge is 0.00533 e. The zero-order valence-corrected chi connectivity index (χ0v) is 6.40. The van der Waals surface area contributed by atoms with Gasteiger partial charge in [0.25, 0.3) is 0 Å². The Hall–Kier alpha value is -0.260. The van der Waals surface area contributed by atoms with Gasteiger partial charge >= 0.3 is 0 Å². The predicted octanol–water partition coefficient (Wildman–Crippen LogP) is 2.90. The molecule has 0 heterocycles. The molecular formula is C10H14. The largest absolute Gasteiger partial charge is 0.0848 e. The maximum absolute atomic E-state index is 2.54. The SMILES string of the molecule is C1=C(C23CC2C3)CCCC1. The summed E-state index contributed by atoms with van der Waals surface area (Å²) < 4.78 is 0. The van der Waals surface area contributed by atoms with Crippen LogP contribution in [0.25, 0.3) is 0 Å². The molecule has 0 aliphatic heterocycles. The fourth-order valence-corrected chi connectivity index (χ4v) is 2.52. The van der Waals surface area contributed by atoms with Crippen LogP contribution in [0.15, 0.2) is 11.6 Å². The summed E-state index contributed by atoms with van der Waals surface area (Å²) in [6.07, 6.45) is 11.4. The Morgan fingerprint density at radius 2 is 2.10 bits per heavy atom. The first kappa shape index (κ1) is 5.40. The van der Waals surface area contributed by atoms with Crippen LogP contribution in [0.4, 0.5) is 0 Å². The van der Waals surface area contributed by atoms with Gasteiger partial charge in [-0.2, -0.15) is 0 Å². The minimum atomic E-state index is 0.848. The molecule has 0 amide bonds. The Morgan fingerprint density at radius 1 is 1.30 bits per heavy atom. The zero-order valence-electron chi connectivity index (χ0n) is 6.40. The van der Waals surface area contributed by atoms with Crippen molar-refractivity contribution in [2.75, 3.05) is 0 Å². The number of allylic oxidation sites excluding steroid dienone is 2. The lowest BCUT2D eigenvalue weighted by molar-refractivity contribution is 0.619. The molecule has 3 aliphatic rings. The predicted molar refractivity (Wildman–Crippen MR) is 41.7 cm³/mol. The van der Waals surface area contributed by atoms with Gasteiger partial charge in [-0.1, -0.05) is 11.6 Å². The van der Waals surface area contributed by atoms with E-state index in [1.807, 2.05) is 5.57 Å². The highest BCUT2D eigenvalue weighted by atomic mass is 14.7. The molecule has 0 aromatic heterocycles. The van der Waals surface area contributed by atoms with E-state index in [-0.39, 0.29) is 0 Å². The topological polar surface area (TPSA) is 0 Å². The summed E-state index contributed by atoms with van der Waals surface area (Å²) >= 11 is 0. The molecule has 0 heteroatoms. The van der Waals surface area contributed by atoms with Crippen LogP contribution in [0, 0.1) is 11.3 Å². The van der Waals surface area contributed by atoms with Gasteiger partial charge in [0.05, 0.1) is 0 Å². The maximum Gasteiger partial charge on any atom is -0.00533 e. The number of hydrogen-bond donors (Lipinski definition) is 0. The van der Waals surface area contributed by atoms with E-state index in [2.05, 4.69) is 6.08 Å². The molecule has 0 nitrogen and oxygen atoms in total. The van der Waals surface area contributed by atoms with Crippen LogP contribution in [0.5, 0.6) is 0 Å². The van der Waals surface area contributed by atoms with E-state index in [9.17, 15) is 0 Å². The highest BCUT2D eigenvalue weighted by molar-refractivity contribution is 5.37. The van der Waals surface area contributed by atoms with Crippen molar-refractivity contribution < 1.29 is 0 Å². The van der Waals surface area contributed by atoms with Gasteiger partial charge in [0.1, 0.15) is 0 Å². The van der Waals surface area contributed by atoms with E-state index < -0.39 is 0 Å². The summed E-state index contributed by atoms with van der Waals surface area (Å²) in [5.74, 6) is 1.16. The molecule has 0 spiro atoms. The lowest BCUT2D eigenvalue weighted by atomic mass is 9.92. The van der Waals surface area contributed by atoms with E-state index in [1.54, 1.807) is 12.8 Å². The fourth-order valence-electron chi connectivity index (χ4n) is 2.52. The molecule has 2 saturated carbocycles. The summed E-state index contributed by atoms with van der Waals surface area (Å²) in [6, 6.07) is 0. The van der Waals surface area contributed by atoms with Crippen molar-refractivity contribution in [2.24, 2.45) is 11.3 Å². The molecule has 0 aromatic rings. The van der Waals surface area contributed by atoms with E-state index in [0.29, 0.717) is 0 Å². The number of rotatable bonds is 1. The van der Waals surface area contributed by atoms with Gasteiger partial charge in [-0.15, -0.1) is 0 Å². The van der Waals surface area contributed by atoms with Gasteiger partial charge in [-0.25, -0.2) is 0 Å². The summed E-state index contributed by atoms with van der Waals surface area (Å²) in [6.45, 7) is 0. The normalized spacial score (nSPS) is 49.6. The quantitative estimate of drug-likeness (QED) is 0.484. The average molecular weight is 134 g/mol. The Bertz CT molecular complexity index is 194. The van der Waals surface area contributed by atoms with Gasteiger partial charge < -0.3 is 0 Å². The molecule has 0 atom stereocenters. The lowest BCUT2D eigenvalue weighted by Crippen LogP contribution is -1.98. The standard InChI is InChI=1S/C10H14/c1-2-4-8(5-3-1)10-6-9(10)7-10/h4,9H,1-3,5-7H2. The van der Waals surface area contributed by atoms with Crippen molar-refractivity contribution in [2.45, 2.75) is 38.5 Å². The fraction of sp³-hybridized carbons (Fsp3) is 0.800. The molecule has 0 radical (unpaired) electrons. The molecule has 10 heavy (non-hydrogen) atoms. The molecule has 3 aliphatic carbocycles. The van der Waals surface area contributed by atoms with Crippen molar-refractivity contribution in [3.63, 3.8) is 0 Å². The summed E-state index contributed by atoms with van der Waals surface area (Å²) in [5, 5.41) is 0. The summed E-state index contributed by atoms with van der Waals surface area (Å²) in [5.41, 5.74) is 2.70. The molecular weight excluding hydrogens is 120 g/mol. The first-order chi connectivity index (χ1) is 4.92. The Morgan fingerprint density at radius 3 is 2.60 bits per heavy atom. The van der Waals surface area contributed by atoms with Gasteiger partial charge in [0.15, 0.2) is 0 Å². The van der Waals surface area contributed by atoms with Crippen LogP contribution in [0.2, 0.25) is 0 Å². The highest BCUT2D eigenvalue weighted by Gasteiger charge is 2.70. The molecule has 54 valence electrons. The maximum atomic E-state index is 2.54. The molecule has 0 aromatic carbocycles. The third-order valence-electron chi connectivity index (χ3n) is 3.61. The Kier molecular flexibility index (Phi) is 0.805. The van der Waals surface area contributed by atoms with Crippen LogP contribution >= 0.6 is 0 Å². The van der Waals surface area contributed by atoms with Gasteiger partial charge in [-0.3, -0.25) is 0 Å². The van der Waals surface area contributed by atoms with E-state index in [1.165, 1.54) is 25.7 Å². The second-order valence-corrected chi connectivity index (χ2v) is 4.24. The summed E-state index contributed by atoms with van der Waals surface area (Å²) in [7, 11) is 0. The first-order valence-corrected chi connectivity index (χ1v) is 4.61. The monoisotopic (exact) mass is 134 g/mol. The van der Waals surface area contributed by atoms with Crippen molar-refractivity contribution in [3.8, 4) is 0 Å². The average Bonchev–Trinajstić information content (AvgIpc) is 2.74. The number of fused-ring (bicyclic) bond motifs is 1. The van der Waals surface area contributed by atoms with Crippen molar-refractivity contribution >= 4 is 0 Å². The highest BCUT2D eigenvalue weighted by Crippen LogP contribution is 2.79. The van der Waals surface area contributed by atoms with E-state index >= 15 is 0 Å². The second kappa shape index (κ2) is 1.49. The minimum Gasteiger partial charge on any atom is -0.0848 e. The van der Waals surface area contributed by atoms with Crippen molar-refractivity contribution in [3.05, 3.63) is 11.6 Å². The molecule has 3 rings (SSSR count). The lowest BCUT2D eigenvalue weighted by Gasteiger charge is -2.14. The Balaban J connectivity index is 1.85. The van der Waals surface area contributed by atoms with E-state index in [4.69, 9.17) is 0 Å². The third kappa shape index (κ3) is 0.531. The Labute approximate surface area is 62.3 Å². The minimum absolute atomic E-state index is 0.848. The van der Waals surface area contributed by atoms with E-state index in [0.717, 1.165) is 11.3 Å². The van der Waals surface area contributed by atoms with Crippen LogP contribution in [-0.2, 0) is 0 Å². The molecule has 0 unspecified atom stereocenters. The van der Waals surface area contributed by atoms with Gasteiger partial charge in [0, 0.05) is 0 Å². The van der Waals surface area contributed by atoms with Crippen molar-refractivity contribution in [1.29, 1.82) is 0 Å². The van der Waals surface area contributed by atoms with Crippen LogP contribution < -0.4 is 0 Å². The third-order valence-corrected chi connectivity index (χ3v) is 3.61. The molecule has 0 bridgehead atoms. The van der Waals surface area contributed by atoms with Crippen LogP contribution in [0.3, 0.4) is 0 Å². The van der Waals surface area contributed by atoms with Crippen molar-refractivity contribution in [1.82, 2.24) is 0 Å². The number of hydrogen-bond acceptors (Lipinski definition) is 0. The van der Waals surface area contributed by atoms with Crippen LogP contribution in [-0.4, -0.2) is 0 Å². The van der Waals surface area contributed by atoms with Gasteiger partial charge in [-0.05, 0) is 49.9 Å². The van der Waals surface area contributed by atoms with Crippen LogP contribution in [0.1, 0.15) is 38.5 Å². The molecule has 2 fully saturated rings. The zero-order chi connectivity index (χ0) is 6.60. The first-order valence-electron chi connectivity index (χ1n) is 4.61. The summed E-state index contributed by atoms with van der Waals surface area (Å²) in [4.78, 5) is 0.